The lowest BCUT2D eigenvalue weighted by molar-refractivity contribution is -0.121. The van der Waals surface area contributed by atoms with Gasteiger partial charge in [0.25, 0.3) is 0 Å². The van der Waals surface area contributed by atoms with Crippen molar-refractivity contribution >= 4 is 30.7 Å². The van der Waals surface area contributed by atoms with Crippen molar-refractivity contribution in [2.24, 2.45) is 5.92 Å². The van der Waals surface area contributed by atoms with E-state index < -0.39 is 0 Å². The van der Waals surface area contributed by atoms with Crippen molar-refractivity contribution in [2.45, 2.75) is 58.0 Å². The summed E-state index contributed by atoms with van der Waals surface area (Å²) < 4.78 is 2.16. The largest absolute Gasteiger partial charge is 0.349 e. The summed E-state index contributed by atoms with van der Waals surface area (Å²) in [4.78, 5) is 12.0. The van der Waals surface area contributed by atoms with E-state index in [1.165, 1.54) is 25.7 Å². The van der Waals surface area contributed by atoms with Gasteiger partial charge in [0.15, 0.2) is 5.82 Å². The van der Waals surface area contributed by atoms with Crippen molar-refractivity contribution in [3.8, 4) is 0 Å². The maximum Gasteiger partial charge on any atom is 0.220 e. The molecule has 0 spiro atoms. The standard InChI is InChI=1S/C15H25N5O.2ClH/c21-15(5-4-12-6-8-16-9-7-12)17-11-14-19-18-13-3-1-2-10-20(13)14;;/h12,16H,1-11H2,(H,17,21);2*1H. The Balaban J connectivity index is 0.00000132. The zero-order valence-corrected chi connectivity index (χ0v) is 15.1. The number of aryl methyl sites for hydroxylation is 1. The van der Waals surface area contributed by atoms with Crippen molar-refractivity contribution in [1.29, 1.82) is 0 Å². The molecule has 8 heteroatoms. The van der Waals surface area contributed by atoms with E-state index in [1.54, 1.807) is 0 Å². The molecule has 0 unspecified atom stereocenters. The Morgan fingerprint density at radius 1 is 1.22 bits per heavy atom. The number of carbonyl (C=O) groups is 1. The normalized spacial score (nSPS) is 17.6. The molecule has 2 aliphatic heterocycles. The first-order valence-corrected chi connectivity index (χ1v) is 8.21. The monoisotopic (exact) mass is 363 g/mol. The molecule has 2 aliphatic rings. The summed E-state index contributed by atoms with van der Waals surface area (Å²) in [6.45, 7) is 3.69. The van der Waals surface area contributed by atoms with Crippen LogP contribution in [0.5, 0.6) is 0 Å². The van der Waals surface area contributed by atoms with Crippen LogP contribution in [0.25, 0.3) is 0 Å². The number of carbonyl (C=O) groups excluding carboxylic acids is 1. The van der Waals surface area contributed by atoms with Crippen molar-refractivity contribution < 1.29 is 4.79 Å². The van der Waals surface area contributed by atoms with Crippen LogP contribution >= 0.6 is 24.8 Å². The summed E-state index contributed by atoms with van der Waals surface area (Å²) in [6, 6.07) is 0. The fraction of sp³-hybridized carbons (Fsp3) is 0.800. The van der Waals surface area contributed by atoms with Crippen LogP contribution in [0.4, 0.5) is 0 Å². The summed E-state index contributed by atoms with van der Waals surface area (Å²) in [5, 5.41) is 14.8. The second-order valence-electron chi connectivity index (χ2n) is 6.15. The molecule has 1 fully saturated rings. The number of amides is 1. The quantitative estimate of drug-likeness (QED) is 0.837. The summed E-state index contributed by atoms with van der Waals surface area (Å²) in [5.41, 5.74) is 0. The second-order valence-corrected chi connectivity index (χ2v) is 6.15. The molecule has 23 heavy (non-hydrogen) atoms. The molecule has 1 aromatic rings. The minimum atomic E-state index is 0. The van der Waals surface area contributed by atoms with Crippen molar-refractivity contribution in [1.82, 2.24) is 25.4 Å². The van der Waals surface area contributed by atoms with Gasteiger partial charge in [-0.3, -0.25) is 4.79 Å². The zero-order valence-electron chi connectivity index (χ0n) is 13.4. The zero-order chi connectivity index (χ0) is 14.5. The van der Waals surface area contributed by atoms with Gasteiger partial charge in [0, 0.05) is 19.4 Å². The molecule has 0 saturated carbocycles. The van der Waals surface area contributed by atoms with Crippen molar-refractivity contribution in [2.75, 3.05) is 13.1 Å². The molecular weight excluding hydrogens is 337 g/mol. The first kappa shape index (κ1) is 20.2. The van der Waals surface area contributed by atoms with E-state index in [9.17, 15) is 4.79 Å². The number of piperidine rings is 1. The lowest BCUT2D eigenvalue weighted by Crippen LogP contribution is -2.29. The Morgan fingerprint density at radius 3 is 2.78 bits per heavy atom. The third kappa shape index (κ3) is 5.62. The SMILES string of the molecule is Cl.Cl.O=C(CCC1CCNCC1)NCc1nnc2n1CCCC2. The van der Waals surface area contributed by atoms with Gasteiger partial charge in [-0.2, -0.15) is 0 Å². The Labute approximate surface area is 150 Å². The van der Waals surface area contributed by atoms with E-state index in [-0.39, 0.29) is 30.7 Å². The van der Waals surface area contributed by atoms with Crippen LogP contribution in [0, 0.1) is 5.92 Å². The highest BCUT2D eigenvalue weighted by Crippen LogP contribution is 2.17. The van der Waals surface area contributed by atoms with Gasteiger partial charge in [-0.25, -0.2) is 0 Å². The van der Waals surface area contributed by atoms with Crippen molar-refractivity contribution in [3.63, 3.8) is 0 Å². The van der Waals surface area contributed by atoms with Gasteiger partial charge < -0.3 is 15.2 Å². The van der Waals surface area contributed by atoms with E-state index in [2.05, 4.69) is 25.4 Å². The third-order valence-corrected chi connectivity index (χ3v) is 4.62. The van der Waals surface area contributed by atoms with Gasteiger partial charge in [-0.1, -0.05) is 0 Å². The Kier molecular flexibility index (Phi) is 8.87. The minimum absolute atomic E-state index is 0. The Hall–Kier alpha value is -0.850. The number of hydrogen-bond acceptors (Lipinski definition) is 4. The van der Waals surface area contributed by atoms with Crippen LogP contribution in [-0.4, -0.2) is 33.8 Å². The Bertz CT molecular complexity index is 488. The van der Waals surface area contributed by atoms with Crippen molar-refractivity contribution in [3.05, 3.63) is 11.6 Å². The van der Waals surface area contributed by atoms with Gasteiger partial charge in [0.05, 0.1) is 6.54 Å². The summed E-state index contributed by atoms with van der Waals surface area (Å²) in [6.07, 6.45) is 7.42. The van der Waals surface area contributed by atoms with Crippen LogP contribution in [0.1, 0.15) is 50.2 Å². The van der Waals surface area contributed by atoms with E-state index in [1.807, 2.05) is 0 Å². The molecule has 1 amide bonds. The average molecular weight is 364 g/mol. The molecule has 132 valence electrons. The molecule has 3 rings (SSSR count). The summed E-state index contributed by atoms with van der Waals surface area (Å²) in [5.74, 6) is 2.82. The number of fused-ring (bicyclic) bond motifs is 1. The molecular formula is C15H27Cl2N5O. The molecule has 6 nitrogen and oxygen atoms in total. The lowest BCUT2D eigenvalue weighted by atomic mass is 9.93. The van der Waals surface area contributed by atoms with Crippen LogP contribution in [0.15, 0.2) is 0 Å². The molecule has 0 radical (unpaired) electrons. The van der Waals surface area contributed by atoms with Gasteiger partial charge >= 0.3 is 0 Å². The molecule has 1 saturated heterocycles. The number of rotatable bonds is 5. The van der Waals surface area contributed by atoms with Gasteiger partial charge in [-0.05, 0) is 51.1 Å². The van der Waals surface area contributed by atoms with Crippen LogP contribution in [0.3, 0.4) is 0 Å². The molecule has 2 N–H and O–H groups in total. The molecule has 0 bridgehead atoms. The predicted molar refractivity (Wildman–Crippen MR) is 94.1 cm³/mol. The number of nitrogens with zero attached hydrogens (tertiary/aromatic N) is 3. The van der Waals surface area contributed by atoms with E-state index >= 15 is 0 Å². The highest BCUT2D eigenvalue weighted by Gasteiger charge is 2.17. The first-order chi connectivity index (χ1) is 10.3. The van der Waals surface area contributed by atoms with Gasteiger partial charge in [0.1, 0.15) is 5.82 Å². The number of aromatic nitrogens is 3. The molecule has 1 aromatic heterocycles. The highest BCUT2D eigenvalue weighted by atomic mass is 35.5. The predicted octanol–water partition coefficient (Wildman–Crippen LogP) is 1.85. The average Bonchev–Trinajstić information content (AvgIpc) is 2.95. The second kappa shape index (κ2) is 10.1. The van der Waals surface area contributed by atoms with E-state index in [0.717, 1.165) is 44.1 Å². The number of halogens is 2. The van der Waals surface area contributed by atoms with Crippen LogP contribution in [0.2, 0.25) is 0 Å². The molecule has 3 heterocycles. The summed E-state index contributed by atoms with van der Waals surface area (Å²) in [7, 11) is 0. The van der Waals surface area contributed by atoms with Crippen LogP contribution < -0.4 is 10.6 Å². The maximum atomic E-state index is 12.0. The number of nitrogens with one attached hydrogen (secondary N) is 2. The molecule has 0 atom stereocenters. The van der Waals surface area contributed by atoms with E-state index in [0.29, 0.717) is 18.9 Å². The van der Waals surface area contributed by atoms with E-state index in [4.69, 9.17) is 0 Å². The fourth-order valence-corrected chi connectivity index (χ4v) is 3.27. The first-order valence-electron chi connectivity index (χ1n) is 8.21. The minimum Gasteiger partial charge on any atom is -0.349 e. The maximum absolute atomic E-state index is 12.0. The Morgan fingerprint density at radius 2 is 2.00 bits per heavy atom. The topological polar surface area (TPSA) is 71.8 Å². The lowest BCUT2D eigenvalue weighted by Gasteiger charge is -2.22. The summed E-state index contributed by atoms with van der Waals surface area (Å²) >= 11 is 0. The van der Waals surface area contributed by atoms with Crippen LogP contribution in [-0.2, 0) is 24.3 Å². The highest BCUT2D eigenvalue weighted by molar-refractivity contribution is 5.85. The fourth-order valence-electron chi connectivity index (χ4n) is 3.27. The van der Waals surface area contributed by atoms with Gasteiger partial charge in [-0.15, -0.1) is 35.0 Å². The van der Waals surface area contributed by atoms with Gasteiger partial charge in [0.2, 0.25) is 5.91 Å². The third-order valence-electron chi connectivity index (χ3n) is 4.62. The number of hydrogen-bond donors (Lipinski definition) is 2. The molecule has 0 aliphatic carbocycles. The smallest absolute Gasteiger partial charge is 0.220 e. The molecule has 0 aromatic carbocycles.